The molecule has 3 heterocycles. The van der Waals surface area contributed by atoms with Gasteiger partial charge >= 0.3 is 0 Å². The van der Waals surface area contributed by atoms with Gasteiger partial charge in [-0.3, -0.25) is 0 Å². The molecule has 0 bridgehead atoms. The van der Waals surface area contributed by atoms with E-state index in [-0.39, 0.29) is 0 Å². The van der Waals surface area contributed by atoms with E-state index in [1.54, 1.807) is 20.0 Å². The molecular formula is C9H12N12. The highest BCUT2D eigenvalue weighted by Crippen LogP contribution is 1.75. The van der Waals surface area contributed by atoms with E-state index in [1.165, 1.54) is 12.7 Å². The zero-order chi connectivity index (χ0) is 15.3. The minimum Gasteiger partial charge on any atom is -0.218 e. The lowest BCUT2D eigenvalue weighted by Gasteiger charge is -1.78. The SMILES string of the molecule is Cc1cnnnn1.Cc1ncnnn1.Cc1nncnn1. The Balaban J connectivity index is 0.000000157. The molecule has 0 radical (unpaired) electrons. The summed E-state index contributed by atoms with van der Waals surface area (Å²) in [6, 6.07) is 0. The van der Waals surface area contributed by atoms with Crippen LogP contribution in [0, 0.1) is 20.8 Å². The van der Waals surface area contributed by atoms with Gasteiger partial charge in [0.2, 0.25) is 0 Å². The first-order valence-corrected chi connectivity index (χ1v) is 5.60. The number of hydrogen-bond acceptors (Lipinski definition) is 12. The van der Waals surface area contributed by atoms with Gasteiger partial charge in [-0.1, -0.05) is 0 Å². The number of nitrogens with zero attached hydrogens (tertiary/aromatic N) is 12. The molecule has 3 aromatic rings. The van der Waals surface area contributed by atoms with Crippen molar-refractivity contribution in [2.75, 3.05) is 0 Å². The van der Waals surface area contributed by atoms with Crippen LogP contribution in [-0.4, -0.2) is 61.4 Å². The van der Waals surface area contributed by atoms with Crippen molar-refractivity contribution < 1.29 is 0 Å². The zero-order valence-electron chi connectivity index (χ0n) is 11.6. The van der Waals surface area contributed by atoms with Crippen molar-refractivity contribution in [1.29, 1.82) is 0 Å². The Morgan fingerprint density at radius 3 is 1.67 bits per heavy atom. The van der Waals surface area contributed by atoms with Crippen molar-refractivity contribution in [3.8, 4) is 0 Å². The first kappa shape index (κ1) is 15.9. The molecule has 0 N–H and O–H groups in total. The maximum atomic E-state index is 3.69. The van der Waals surface area contributed by atoms with E-state index in [2.05, 4.69) is 61.4 Å². The van der Waals surface area contributed by atoms with E-state index in [4.69, 9.17) is 0 Å². The number of aromatic nitrogens is 12. The summed E-state index contributed by atoms with van der Waals surface area (Å²) in [5, 5.41) is 37.8. The van der Waals surface area contributed by atoms with E-state index in [0.29, 0.717) is 11.6 Å². The summed E-state index contributed by atoms with van der Waals surface area (Å²) < 4.78 is 0. The molecule has 0 unspecified atom stereocenters. The van der Waals surface area contributed by atoms with Crippen molar-refractivity contribution in [2.45, 2.75) is 20.8 Å². The molecule has 0 fully saturated rings. The van der Waals surface area contributed by atoms with Gasteiger partial charge in [0.25, 0.3) is 0 Å². The molecule has 0 aromatic carbocycles. The summed E-state index contributed by atoms with van der Waals surface area (Å²) in [6.45, 7) is 5.30. The molecule has 3 rings (SSSR count). The highest BCUT2D eigenvalue weighted by Gasteiger charge is 1.79. The molecule has 0 aliphatic heterocycles. The van der Waals surface area contributed by atoms with Gasteiger partial charge in [-0.05, 0) is 36.4 Å². The van der Waals surface area contributed by atoms with Crippen LogP contribution in [-0.2, 0) is 0 Å². The molecule has 12 nitrogen and oxygen atoms in total. The first-order valence-electron chi connectivity index (χ1n) is 5.60. The van der Waals surface area contributed by atoms with Crippen LogP contribution in [0.3, 0.4) is 0 Å². The zero-order valence-corrected chi connectivity index (χ0v) is 11.6. The highest BCUT2D eigenvalue weighted by molar-refractivity contribution is 4.81. The van der Waals surface area contributed by atoms with E-state index in [1.807, 2.05) is 6.92 Å². The van der Waals surface area contributed by atoms with Crippen molar-refractivity contribution in [3.63, 3.8) is 0 Å². The lowest BCUT2D eigenvalue weighted by molar-refractivity contribution is 0.742. The monoisotopic (exact) mass is 288 g/mol. The van der Waals surface area contributed by atoms with Crippen molar-refractivity contribution in [1.82, 2.24) is 61.4 Å². The highest BCUT2D eigenvalue weighted by atomic mass is 15.4. The Bertz CT molecular complexity index is 500. The van der Waals surface area contributed by atoms with Crippen LogP contribution in [0.25, 0.3) is 0 Å². The molecule has 0 saturated heterocycles. The molecule has 0 aliphatic carbocycles. The smallest absolute Gasteiger partial charge is 0.170 e. The number of aryl methyl sites for hydroxylation is 3. The van der Waals surface area contributed by atoms with Crippen LogP contribution in [0.5, 0.6) is 0 Å². The van der Waals surface area contributed by atoms with Crippen LogP contribution < -0.4 is 0 Å². The number of rotatable bonds is 0. The topological polar surface area (TPSA) is 155 Å². The first-order chi connectivity index (χ1) is 10.2. The van der Waals surface area contributed by atoms with Crippen LogP contribution in [0.2, 0.25) is 0 Å². The van der Waals surface area contributed by atoms with Gasteiger partial charge in [-0.15, -0.1) is 40.8 Å². The lowest BCUT2D eigenvalue weighted by Crippen LogP contribution is -1.90. The van der Waals surface area contributed by atoms with E-state index in [0.717, 1.165) is 5.69 Å². The van der Waals surface area contributed by atoms with Crippen LogP contribution in [0.1, 0.15) is 17.3 Å². The summed E-state index contributed by atoms with van der Waals surface area (Å²) in [6.07, 6.45) is 4.21. The summed E-state index contributed by atoms with van der Waals surface area (Å²) >= 11 is 0. The third-order valence-electron chi connectivity index (χ3n) is 1.58. The van der Waals surface area contributed by atoms with Gasteiger partial charge in [0.05, 0.1) is 11.9 Å². The van der Waals surface area contributed by atoms with E-state index < -0.39 is 0 Å². The molecule has 0 aliphatic rings. The second kappa shape index (κ2) is 9.71. The predicted octanol–water partition coefficient (Wildman–Crippen LogP) is -1.27. The summed E-state index contributed by atoms with van der Waals surface area (Å²) in [4.78, 5) is 3.69. The van der Waals surface area contributed by atoms with Crippen molar-refractivity contribution in [3.05, 3.63) is 36.2 Å². The normalized spacial score (nSPS) is 8.71. The molecule has 12 heteroatoms. The quantitative estimate of drug-likeness (QED) is 0.483. The van der Waals surface area contributed by atoms with Gasteiger partial charge in [0, 0.05) is 0 Å². The Morgan fingerprint density at radius 1 is 0.619 bits per heavy atom. The van der Waals surface area contributed by atoms with Crippen LogP contribution in [0.15, 0.2) is 18.9 Å². The minimum atomic E-state index is 0.600. The molecule has 3 aromatic heterocycles. The third kappa shape index (κ3) is 8.52. The number of hydrogen-bond donors (Lipinski definition) is 0. The maximum absolute atomic E-state index is 3.69. The third-order valence-corrected chi connectivity index (χ3v) is 1.58. The average Bonchev–Trinajstić information content (AvgIpc) is 2.51. The fraction of sp³-hybridized carbons (Fsp3) is 0.333. The minimum absolute atomic E-state index is 0.600. The summed E-state index contributed by atoms with van der Waals surface area (Å²) in [7, 11) is 0. The fourth-order valence-corrected chi connectivity index (χ4v) is 0.760. The van der Waals surface area contributed by atoms with Gasteiger partial charge in [-0.2, -0.15) is 0 Å². The molecule has 0 amide bonds. The molecule has 0 saturated carbocycles. The van der Waals surface area contributed by atoms with Gasteiger partial charge in [-0.25, -0.2) is 4.98 Å². The average molecular weight is 288 g/mol. The Kier molecular flexibility index (Phi) is 7.34. The molecular weight excluding hydrogens is 276 g/mol. The Labute approximate surface area is 119 Å². The van der Waals surface area contributed by atoms with E-state index >= 15 is 0 Å². The molecule has 21 heavy (non-hydrogen) atoms. The standard InChI is InChI=1S/3C3H4N4/c1-3-6-4-2-5-7-3;1-3-4-2-5-7-6-3;1-3-2-4-6-7-5-3/h3*2H,1H3. The summed E-state index contributed by atoms with van der Waals surface area (Å²) in [5.41, 5.74) is 0.787. The van der Waals surface area contributed by atoms with Gasteiger partial charge < -0.3 is 0 Å². The van der Waals surface area contributed by atoms with Gasteiger partial charge in [0.15, 0.2) is 18.0 Å². The van der Waals surface area contributed by atoms with Crippen LogP contribution >= 0.6 is 0 Å². The fourth-order valence-electron chi connectivity index (χ4n) is 0.760. The van der Waals surface area contributed by atoms with Crippen LogP contribution in [0.4, 0.5) is 0 Å². The Hall–Kier alpha value is -3.18. The van der Waals surface area contributed by atoms with Crippen molar-refractivity contribution in [2.24, 2.45) is 0 Å². The maximum Gasteiger partial charge on any atom is 0.170 e. The Morgan fingerprint density at radius 2 is 1.38 bits per heavy atom. The molecule has 0 atom stereocenters. The predicted molar refractivity (Wildman–Crippen MR) is 67.1 cm³/mol. The molecule has 108 valence electrons. The summed E-state index contributed by atoms with van der Waals surface area (Å²) in [5.74, 6) is 1.25. The van der Waals surface area contributed by atoms with Gasteiger partial charge in [0.1, 0.15) is 6.33 Å². The second-order valence-electron chi connectivity index (χ2n) is 3.36. The lowest BCUT2D eigenvalue weighted by atomic mass is 10.6. The largest absolute Gasteiger partial charge is 0.218 e. The van der Waals surface area contributed by atoms with E-state index in [9.17, 15) is 0 Å². The second-order valence-corrected chi connectivity index (χ2v) is 3.36. The van der Waals surface area contributed by atoms with Crippen molar-refractivity contribution >= 4 is 0 Å². The molecule has 0 spiro atoms.